The highest BCUT2D eigenvalue weighted by Gasteiger charge is 2.51. The zero-order valence-corrected chi connectivity index (χ0v) is 22.0. The Morgan fingerprint density at radius 3 is 2.41 bits per heavy atom. The molecule has 5 atom stereocenters. The van der Waals surface area contributed by atoms with Crippen molar-refractivity contribution in [1.82, 2.24) is 14.5 Å². The summed E-state index contributed by atoms with van der Waals surface area (Å²) in [5, 5.41) is 22.8. The first-order valence-electron chi connectivity index (χ1n) is 12.8. The van der Waals surface area contributed by atoms with E-state index in [1.165, 1.54) is 9.21 Å². The molecule has 12 heteroatoms. The molecule has 4 unspecified atom stereocenters. The molecule has 2 aliphatic heterocycles. The van der Waals surface area contributed by atoms with Crippen molar-refractivity contribution in [2.45, 2.75) is 69.1 Å². The number of nitrogens with two attached hydrogens (primary N) is 1. The SMILES string of the molecule is CS(=O)(=O)N1CCC2CC(C(=O)O)N(C(=O)[C@H](CCCCN)NC(CCc3ccccc3)C(=O)O)C2C1. The number of sulfonamides is 1. The minimum Gasteiger partial charge on any atom is -0.480 e. The number of hydrogen-bond donors (Lipinski definition) is 4. The summed E-state index contributed by atoms with van der Waals surface area (Å²) in [7, 11) is -3.51. The molecule has 2 heterocycles. The van der Waals surface area contributed by atoms with Crippen molar-refractivity contribution in [3.05, 3.63) is 35.9 Å². The fourth-order valence-electron chi connectivity index (χ4n) is 5.44. The van der Waals surface area contributed by atoms with Gasteiger partial charge in [0.05, 0.1) is 12.3 Å². The number of aryl methyl sites for hydroxylation is 1. The van der Waals surface area contributed by atoms with Crippen molar-refractivity contribution >= 4 is 27.9 Å². The first-order valence-corrected chi connectivity index (χ1v) is 14.6. The summed E-state index contributed by atoms with van der Waals surface area (Å²) in [5.74, 6) is -2.88. The number of piperidine rings is 1. The van der Waals surface area contributed by atoms with E-state index in [2.05, 4.69) is 5.32 Å². The van der Waals surface area contributed by atoms with Gasteiger partial charge in [0, 0.05) is 19.1 Å². The minimum atomic E-state index is -3.51. The number of likely N-dealkylation sites (tertiary alicyclic amines) is 1. The lowest BCUT2D eigenvalue weighted by Gasteiger charge is -2.39. The monoisotopic (exact) mass is 538 g/mol. The Morgan fingerprint density at radius 2 is 1.81 bits per heavy atom. The van der Waals surface area contributed by atoms with E-state index in [0.29, 0.717) is 38.6 Å². The third-order valence-electron chi connectivity index (χ3n) is 7.42. The molecule has 1 aromatic rings. The van der Waals surface area contributed by atoms with E-state index in [1.54, 1.807) is 0 Å². The molecule has 11 nitrogen and oxygen atoms in total. The summed E-state index contributed by atoms with van der Waals surface area (Å²) in [6, 6.07) is 5.81. The number of hydrogen-bond acceptors (Lipinski definition) is 7. The molecule has 206 valence electrons. The van der Waals surface area contributed by atoms with Gasteiger partial charge in [0.15, 0.2) is 0 Å². The predicted octanol–water partition coefficient (Wildman–Crippen LogP) is 0.495. The van der Waals surface area contributed by atoms with Crippen molar-refractivity contribution in [1.29, 1.82) is 0 Å². The lowest BCUT2D eigenvalue weighted by atomic mass is 9.92. The van der Waals surface area contributed by atoms with Crippen molar-refractivity contribution in [3.8, 4) is 0 Å². The second-order valence-electron chi connectivity index (χ2n) is 9.99. The Morgan fingerprint density at radius 1 is 1.11 bits per heavy atom. The van der Waals surface area contributed by atoms with Gasteiger partial charge in [-0.15, -0.1) is 0 Å². The molecule has 2 aliphatic rings. The number of benzene rings is 1. The summed E-state index contributed by atoms with van der Waals surface area (Å²) < 4.78 is 25.7. The van der Waals surface area contributed by atoms with E-state index in [-0.39, 0.29) is 31.8 Å². The maximum Gasteiger partial charge on any atom is 0.326 e. The summed E-state index contributed by atoms with van der Waals surface area (Å²) in [6.45, 7) is 0.727. The second-order valence-corrected chi connectivity index (χ2v) is 12.0. The molecule has 0 saturated carbocycles. The number of nitrogens with zero attached hydrogens (tertiary/aromatic N) is 2. The highest BCUT2D eigenvalue weighted by molar-refractivity contribution is 7.88. The zero-order valence-electron chi connectivity index (χ0n) is 21.2. The van der Waals surface area contributed by atoms with E-state index in [4.69, 9.17) is 5.73 Å². The zero-order chi connectivity index (χ0) is 27.2. The number of aliphatic carboxylic acids is 2. The van der Waals surface area contributed by atoms with Crippen molar-refractivity contribution in [2.24, 2.45) is 11.7 Å². The topological polar surface area (TPSA) is 170 Å². The first-order chi connectivity index (χ1) is 17.5. The van der Waals surface area contributed by atoms with Gasteiger partial charge in [-0.05, 0) is 56.6 Å². The molecule has 2 fully saturated rings. The van der Waals surface area contributed by atoms with Crippen molar-refractivity contribution in [3.63, 3.8) is 0 Å². The van der Waals surface area contributed by atoms with Gasteiger partial charge < -0.3 is 20.8 Å². The number of fused-ring (bicyclic) bond motifs is 1. The van der Waals surface area contributed by atoms with Crippen LogP contribution in [0.25, 0.3) is 0 Å². The number of rotatable bonds is 13. The Hall–Kier alpha value is -2.54. The molecule has 37 heavy (non-hydrogen) atoms. The van der Waals surface area contributed by atoms with Crippen LogP contribution < -0.4 is 11.1 Å². The predicted molar refractivity (Wildman–Crippen MR) is 137 cm³/mol. The number of carbonyl (C=O) groups is 3. The van der Waals surface area contributed by atoms with Crippen LogP contribution in [-0.2, 0) is 30.8 Å². The van der Waals surface area contributed by atoms with Crippen LogP contribution in [0.3, 0.4) is 0 Å². The maximum atomic E-state index is 13.9. The van der Waals surface area contributed by atoms with Crippen LogP contribution in [0.2, 0.25) is 0 Å². The molecule has 5 N–H and O–H groups in total. The van der Waals surface area contributed by atoms with Crippen LogP contribution in [0.4, 0.5) is 0 Å². The Balaban J connectivity index is 1.84. The Kier molecular flexibility index (Phi) is 10.0. The molecule has 1 amide bonds. The Bertz CT molecular complexity index is 1050. The second kappa shape index (κ2) is 12.8. The number of amides is 1. The molecule has 0 radical (unpaired) electrons. The van der Waals surface area contributed by atoms with Crippen molar-refractivity contribution < 1.29 is 33.0 Å². The smallest absolute Gasteiger partial charge is 0.326 e. The van der Waals surface area contributed by atoms with Gasteiger partial charge in [0.1, 0.15) is 12.1 Å². The van der Waals surface area contributed by atoms with Gasteiger partial charge in [-0.25, -0.2) is 17.5 Å². The average molecular weight is 539 g/mol. The normalized spacial score (nSPS) is 23.8. The van der Waals surface area contributed by atoms with Gasteiger partial charge in [0.2, 0.25) is 15.9 Å². The number of nitrogens with one attached hydrogen (secondary N) is 1. The van der Waals surface area contributed by atoms with Crippen LogP contribution >= 0.6 is 0 Å². The number of carboxylic acids is 2. The summed E-state index contributed by atoms with van der Waals surface area (Å²) in [4.78, 5) is 39.5. The first kappa shape index (κ1) is 29.0. The molecular formula is C25H38N4O7S. The highest BCUT2D eigenvalue weighted by atomic mass is 32.2. The number of carboxylic acid groups (broad SMARTS) is 2. The number of unbranched alkanes of at least 4 members (excludes halogenated alkanes) is 1. The van der Waals surface area contributed by atoms with Gasteiger partial charge in [-0.3, -0.25) is 14.9 Å². The highest BCUT2D eigenvalue weighted by Crippen LogP contribution is 2.37. The van der Waals surface area contributed by atoms with Crippen LogP contribution in [0.15, 0.2) is 30.3 Å². The van der Waals surface area contributed by atoms with E-state index in [9.17, 15) is 33.0 Å². The minimum absolute atomic E-state index is 0.0326. The maximum absolute atomic E-state index is 13.9. The standard InChI is InChI=1S/C25H38N4O7S/c1-37(35,36)28-14-12-18-15-21(25(33)34)29(22(18)16-28)23(30)19(9-5-6-13-26)27-20(24(31)32)11-10-17-7-3-2-4-8-17/h2-4,7-8,18-22,27H,5-6,9-16,26H2,1H3,(H,31,32)(H,33,34)/t18?,19-,20?,21?,22?/m0/s1. The van der Waals surface area contributed by atoms with Crippen LogP contribution in [0, 0.1) is 5.92 Å². The van der Waals surface area contributed by atoms with Gasteiger partial charge in [-0.1, -0.05) is 36.8 Å². The fraction of sp³-hybridized carbons (Fsp3) is 0.640. The lowest BCUT2D eigenvalue weighted by molar-refractivity contribution is -0.151. The van der Waals surface area contributed by atoms with Crippen LogP contribution in [0.1, 0.15) is 44.1 Å². The van der Waals surface area contributed by atoms with E-state index in [1.807, 2.05) is 30.3 Å². The molecule has 0 spiro atoms. The van der Waals surface area contributed by atoms with Gasteiger partial charge in [-0.2, -0.15) is 0 Å². The molecule has 2 saturated heterocycles. The van der Waals surface area contributed by atoms with E-state index in [0.717, 1.165) is 11.8 Å². The lowest BCUT2D eigenvalue weighted by Crippen LogP contribution is -2.59. The van der Waals surface area contributed by atoms with Crippen LogP contribution in [-0.4, -0.2) is 95.7 Å². The van der Waals surface area contributed by atoms with Gasteiger partial charge >= 0.3 is 11.9 Å². The number of carbonyl (C=O) groups excluding carboxylic acids is 1. The average Bonchev–Trinajstić information content (AvgIpc) is 3.24. The summed E-state index contributed by atoms with van der Waals surface area (Å²) >= 11 is 0. The Labute approximate surface area is 218 Å². The van der Waals surface area contributed by atoms with E-state index >= 15 is 0 Å². The van der Waals surface area contributed by atoms with Crippen LogP contribution in [0.5, 0.6) is 0 Å². The molecular weight excluding hydrogens is 500 g/mol. The quantitative estimate of drug-likeness (QED) is 0.261. The molecule has 0 aromatic heterocycles. The third-order valence-corrected chi connectivity index (χ3v) is 8.69. The molecule has 0 aliphatic carbocycles. The van der Waals surface area contributed by atoms with Crippen molar-refractivity contribution in [2.75, 3.05) is 25.9 Å². The van der Waals surface area contributed by atoms with E-state index < -0.39 is 52.0 Å². The molecule has 0 bridgehead atoms. The fourth-order valence-corrected chi connectivity index (χ4v) is 6.30. The third kappa shape index (κ3) is 7.50. The summed E-state index contributed by atoms with van der Waals surface area (Å²) in [6.07, 6.45) is 4.02. The molecule has 3 rings (SSSR count). The van der Waals surface area contributed by atoms with Gasteiger partial charge in [0.25, 0.3) is 0 Å². The largest absolute Gasteiger partial charge is 0.480 e. The molecule has 1 aromatic carbocycles. The summed E-state index contributed by atoms with van der Waals surface area (Å²) in [5.41, 5.74) is 6.60.